The maximum absolute atomic E-state index is 12.2. The summed E-state index contributed by atoms with van der Waals surface area (Å²) in [5.74, 6) is 0.940. The molecule has 0 saturated carbocycles. The predicted octanol–water partition coefficient (Wildman–Crippen LogP) is 1.89. The Bertz CT molecular complexity index is 406. The molecule has 1 aromatic rings. The molecule has 0 aromatic carbocycles. The lowest BCUT2D eigenvalue weighted by atomic mass is 10.0. The van der Waals surface area contributed by atoms with Gasteiger partial charge in [-0.1, -0.05) is 13.8 Å². The fourth-order valence-electron chi connectivity index (χ4n) is 2.44. The zero-order valence-electron chi connectivity index (χ0n) is 11.6. The molecule has 0 spiro atoms. The van der Waals surface area contributed by atoms with Crippen LogP contribution in [0.4, 0.5) is 0 Å². The quantitative estimate of drug-likeness (QED) is 0.814. The van der Waals surface area contributed by atoms with Gasteiger partial charge in [0.2, 0.25) is 11.8 Å². The zero-order chi connectivity index (χ0) is 13.7. The van der Waals surface area contributed by atoms with E-state index in [0.717, 1.165) is 25.8 Å². The fraction of sp³-hybridized carbons (Fsp3) is 0.643. The second-order valence-corrected chi connectivity index (χ2v) is 4.87. The van der Waals surface area contributed by atoms with Gasteiger partial charge in [-0.3, -0.25) is 9.78 Å². The van der Waals surface area contributed by atoms with Crippen LogP contribution < -0.4 is 4.74 Å². The van der Waals surface area contributed by atoms with Crippen LogP contribution in [0.15, 0.2) is 18.6 Å². The molecular weight excluding hydrogens is 242 g/mol. The minimum atomic E-state index is 0.0370. The molecule has 0 aliphatic carbocycles. The maximum atomic E-state index is 12.2. The van der Waals surface area contributed by atoms with Gasteiger partial charge in [-0.25, -0.2) is 4.98 Å². The number of carbonyl (C=O) groups is 1. The van der Waals surface area contributed by atoms with Crippen molar-refractivity contribution in [3.05, 3.63) is 18.6 Å². The van der Waals surface area contributed by atoms with Crippen LogP contribution in [0.3, 0.4) is 0 Å². The van der Waals surface area contributed by atoms with E-state index in [-0.39, 0.29) is 17.9 Å². The van der Waals surface area contributed by atoms with E-state index in [0.29, 0.717) is 12.4 Å². The molecule has 0 bridgehead atoms. The minimum Gasteiger partial charge on any atom is -0.471 e. The summed E-state index contributed by atoms with van der Waals surface area (Å²) in [4.78, 5) is 22.2. The van der Waals surface area contributed by atoms with E-state index in [4.69, 9.17) is 4.74 Å². The molecule has 2 rings (SSSR count). The number of carbonyl (C=O) groups excluding carboxylic acids is 1. The van der Waals surface area contributed by atoms with Crippen molar-refractivity contribution in [3.63, 3.8) is 0 Å². The van der Waals surface area contributed by atoms with Gasteiger partial charge in [0, 0.05) is 31.3 Å². The van der Waals surface area contributed by atoms with Gasteiger partial charge in [0.1, 0.15) is 6.10 Å². The Morgan fingerprint density at radius 2 is 2.26 bits per heavy atom. The average Bonchev–Trinajstić information content (AvgIpc) is 2.89. The number of hydrogen-bond acceptors (Lipinski definition) is 4. The number of hydrogen-bond donors (Lipinski definition) is 0. The highest BCUT2D eigenvalue weighted by Gasteiger charge is 2.30. The van der Waals surface area contributed by atoms with Crippen molar-refractivity contribution in [2.75, 3.05) is 13.1 Å². The van der Waals surface area contributed by atoms with E-state index in [1.165, 1.54) is 0 Å². The van der Waals surface area contributed by atoms with Crippen LogP contribution in [0.1, 0.15) is 33.1 Å². The summed E-state index contributed by atoms with van der Waals surface area (Å²) in [5, 5.41) is 0. The van der Waals surface area contributed by atoms with E-state index >= 15 is 0 Å². The van der Waals surface area contributed by atoms with Gasteiger partial charge >= 0.3 is 0 Å². The number of rotatable bonds is 5. The number of ether oxygens (including phenoxy) is 1. The Labute approximate surface area is 114 Å². The van der Waals surface area contributed by atoms with Gasteiger partial charge in [0.05, 0.1) is 12.7 Å². The first kappa shape index (κ1) is 13.8. The van der Waals surface area contributed by atoms with E-state index in [9.17, 15) is 4.79 Å². The largest absolute Gasteiger partial charge is 0.471 e. The number of nitrogens with zero attached hydrogens (tertiary/aromatic N) is 3. The molecule has 1 atom stereocenters. The van der Waals surface area contributed by atoms with Crippen LogP contribution in [-0.4, -0.2) is 40.0 Å². The maximum Gasteiger partial charge on any atom is 0.232 e. The van der Waals surface area contributed by atoms with Gasteiger partial charge in [-0.2, -0.15) is 0 Å². The molecule has 5 heteroatoms. The van der Waals surface area contributed by atoms with E-state index in [1.54, 1.807) is 18.6 Å². The monoisotopic (exact) mass is 263 g/mol. The van der Waals surface area contributed by atoms with Gasteiger partial charge in [-0.05, 0) is 12.8 Å². The van der Waals surface area contributed by atoms with Gasteiger partial charge in [0.15, 0.2) is 0 Å². The molecule has 2 heterocycles. The Morgan fingerprint density at radius 1 is 1.47 bits per heavy atom. The molecule has 5 nitrogen and oxygen atoms in total. The summed E-state index contributed by atoms with van der Waals surface area (Å²) in [7, 11) is 0. The summed E-state index contributed by atoms with van der Waals surface area (Å²) < 4.78 is 5.74. The average molecular weight is 263 g/mol. The summed E-state index contributed by atoms with van der Waals surface area (Å²) in [6, 6.07) is 0. The number of aromatic nitrogens is 2. The van der Waals surface area contributed by atoms with Crippen molar-refractivity contribution in [1.29, 1.82) is 0 Å². The smallest absolute Gasteiger partial charge is 0.232 e. The summed E-state index contributed by atoms with van der Waals surface area (Å²) in [6.45, 7) is 5.57. The normalized spacial score (nSPS) is 18.9. The van der Waals surface area contributed by atoms with Gasteiger partial charge in [0.25, 0.3) is 0 Å². The molecule has 1 fully saturated rings. The Morgan fingerprint density at radius 3 is 2.89 bits per heavy atom. The molecule has 0 N–H and O–H groups in total. The molecule has 104 valence electrons. The summed E-state index contributed by atoms with van der Waals surface area (Å²) in [5.41, 5.74) is 0. The van der Waals surface area contributed by atoms with Crippen LogP contribution in [0.2, 0.25) is 0 Å². The summed E-state index contributed by atoms with van der Waals surface area (Å²) >= 11 is 0. The Balaban J connectivity index is 1.88. The van der Waals surface area contributed by atoms with Gasteiger partial charge in [-0.15, -0.1) is 0 Å². The first-order valence-electron chi connectivity index (χ1n) is 6.96. The standard InChI is InChI=1S/C14H21N3O2/c1-3-11(4-2)14(18)17-8-5-12(10-17)19-13-9-15-6-7-16-13/h6-7,9,11-12H,3-5,8,10H2,1-2H3. The third-order valence-corrected chi connectivity index (χ3v) is 3.62. The highest BCUT2D eigenvalue weighted by molar-refractivity contribution is 5.79. The number of amides is 1. The lowest BCUT2D eigenvalue weighted by molar-refractivity contribution is -0.134. The van der Waals surface area contributed by atoms with Crippen LogP contribution in [-0.2, 0) is 4.79 Å². The Kier molecular flexibility index (Phi) is 4.71. The fourth-order valence-corrected chi connectivity index (χ4v) is 2.44. The van der Waals surface area contributed by atoms with Crippen molar-refractivity contribution in [3.8, 4) is 5.88 Å². The molecule has 1 aliphatic rings. The molecule has 1 aromatic heterocycles. The zero-order valence-corrected chi connectivity index (χ0v) is 11.6. The topological polar surface area (TPSA) is 55.3 Å². The van der Waals surface area contributed by atoms with E-state index in [2.05, 4.69) is 23.8 Å². The second kappa shape index (κ2) is 6.50. The molecule has 1 saturated heterocycles. The highest BCUT2D eigenvalue weighted by Crippen LogP contribution is 2.20. The lowest BCUT2D eigenvalue weighted by Crippen LogP contribution is -2.35. The van der Waals surface area contributed by atoms with Crippen LogP contribution in [0, 0.1) is 5.92 Å². The minimum absolute atomic E-state index is 0.0370. The molecule has 1 aliphatic heterocycles. The van der Waals surface area contributed by atoms with Gasteiger partial charge < -0.3 is 9.64 Å². The van der Waals surface area contributed by atoms with Crippen LogP contribution in [0.25, 0.3) is 0 Å². The van der Waals surface area contributed by atoms with E-state index < -0.39 is 0 Å². The van der Waals surface area contributed by atoms with Crippen molar-refractivity contribution >= 4 is 5.91 Å². The summed E-state index contributed by atoms with van der Waals surface area (Å²) in [6.07, 6.45) is 7.54. The highest BCUT2D eigenvalue weighted by atomic mass is 16.5. The molecular formula is C14H21N3O2. The number of likely N-dealkylation sites (tertiary alicyclic amines) is 1. The van der Waals surface area contributed by atoms with Crippen molar-refractivity contribution in [2.24, 2.45) is 5.92 Å². The van der Waals surface area contributed by atoms with Crippen molar-refractivity contribution in [1.82, 2.24) is 14.9 Å². The lowest BCUT2D eigenvalue weighted by Gasteiger charge is -2.21. The first-order valence-corrected chi connectivity index (χ1v) is 6.96. The van der Waals surface area contributed by atoms with Crippen LogP contribution in [0.5, 0.6) is 5.88 Å². The molecule has 1 amide bonds. The molecule has 0 radical (unpaired) electrons. The third-order valence-electron chi connectivity index (χ3n) is 3.62. The van der Waals surface area contributed by atoms with Crippen molar-refractivity contribution < 1.29 is 9.53 Å². The van der Waals surface area contributed by atoms with E-state index in [1.807, 2.05) is 4.90 Å². The van der Waals surface area contributed by atoms with Crippen LogP contribution >= 0.6 is 0 Å². The molecule has 19 heavy (non-hydrogen) atoms. The Hall–Kier alpha value is -1.65. The second-order valence-electron chi connectivity index (χ2n) is 4.87. The molecule has 1 unspecified atom stereocenters. The predicted molar refractivity (Wildman–Crippen MR) is 71.7 cm³/mol. The van der Waals surface area contributed by atoms with Crippen molar-refractivity contribution in [2.45, 2.75) is 39.2 Å². The SMILES string of the molecule is CCC(CC)C(=O)N1CCC(Oc2cnccn2)C1. The first-order chi connectivity index (χ1) is 9.24. The third kappa shape index (κ3) is 3.43.